The van der Waals surface area contributed by atoms with Crippen LogP contribution in [0.15, 0.2) is 58.3 Å². The van der Waals surface area contributed by atoms with Crippen molar-refractivity contribution in [2.24, 2.45) is 13.0 Å². The van der Waals surface area contributed by atoms with Gasteiger partial charge in [0.1, 0.15) is 0 Å². The Labute approximate surface area is 184 Å². The molecule has 7 nitrogen and oxygen atoms in total. The molecular formula is C25H25N3O4. The average Bonchev–Trinajstić information content (AvgIpc) is 3.55. The van der Waals surface area contributed by atoms with Crippen LogP contribution in [0.2, 0.25) is 0 Å². The highest BCUT2D eigenvalue weighted by molar-refractivity contribution is 5.87. The first-order valence-corrected chi connectivity index (χ1v) is 10.9. The third-order valence-electron chi connectivity index (χ3n) is 6.59. The van der Waals surface area contributed by atoms with Gasteiger partial charge >= 0.3 is 11.7 Å². The van der Waals surface area contributed by atoms with Crippen molar-refractivity contribution in [2.45, 2.75) is 38.8 Å². The summed E-state index contributed by atoms with van der Waals surface area (Å²) in [5.41, 5.74) is 2.89. The lowest BCUT2D eigenvalue weighted by Crippen LogP contribution is -2.43. The summed E-state index contributed by atoms with van der Waals surface area (Å²) in [4.78, 5) is 38.6. The number of nitrogens with zero attached hydrogens (tertiary/aromatic N) is 3. The Kier molecular flexibility index (Phi) is 4.77. The largest absolute Gasteiger partial charge is 0.481 e. The molecule has 0 spiro atoms. The Hall–Kier alpha value is -3.61. The topological polar surface area (TPSA) is 86.2 Å². The van der Waals surface area contributed by atoms with Crippen molar-refractivity contribution in [1.29, 1.82) is 0 Å². The lowest BCUT2D eigenvalue weighted by atomic mass is 10.1. The van der Waals surface area contributed by atoms with E-state index in [-0.39, 0.29) is 12.3 Å². The molecule has 2 aromatic carbocycles. The molecule has 0 amide bonds. The second-order valence-electron chi connectivity index (χ2n) is 8.80. The van der Waals surface area contributed by atoms with Crippen LogP contribution in [0, 0.1) is 12.8 Å². The van der Waals surface area contributed by atoms with E-state index in [0.717, 1.165) is 34.9 Å². The van der Waals surface area contributed by atoms with Crippen LogP contribution < -0.4 is 11.2 Å². The Morgan fingerprint density at radius 3 is 2.53 bits per heavy atom. The molecule has 0 aliphatic heterocycles. The summed E-state index contributed by atoms with van der Waals surface area (Å²) in [6.45, 7) is 2.34. The van der Waals surface area contributed by atoms with E-state index >= 15 is 0 Å². The van der Waals surface area contributed by atoms with E-state index < -0.39 is 23.3 Å². The lowest BCUT2D eigenvalue weighted by Gasteiger charge is -2.20. The molecule has 1 N–H and O–H groups in total. The number of fused-ring (bicyclic) bond motifs is 2. The minimum absolute atomic E-state index is 0.0471. The van der Waals surface area contributed by atoms with Crippen LogP contribution in [0.1, 0.15) is 36.4 Å². The number of aliphatic carboxylic acids is 1. The molecule has 0 saturated heterocycles. The van der Waals surface area contributed by atoms with Crippen LogP contribution in [-0.4, -0.2) is 24.8 Å². The molecular weight excluding hydrogens is 406 g/mol. The van der Waals surface area contributed by atoms with Gasteiger partial charge in [0, 0.05) is 24.1 Å². The predicted octanol–water partition coefficient (Wildman–Crippen LogP) is 3.44. The number of rotatable bonds is 6. The summed E-state index contributed by atoms with van der Waals surface area (Å²) in [6.07, 6.45) is 3.45. The highest BCUT2D eigenvalue weighted by Crippen LogP contribution is 2.40. The summed E-state index contributed by atoms with van der Waals surface area (Å²) in [5, 5.41) is 11.0. The van der Waals surface area contributed by atoms with E-state index in [0.29, 0.717) is 17.4 Å². The fourth-order valence-corrected chi connectivity index (χ4v) is 4.94. The van der Waals surface area contributed by atoms with Gasteiger partial charge in [-0.2, -0.15) is 0 Å². The van der Waals surface area contributed by atoms with Gasteiger partial charge in [-0.1, -0.05) is 24.3 Å². The maximum atomic E-state index is 13.7. The van der Waals surface area contributed by atoms with Crippen molar-refractivity contribution in [3.63, 3.8) is 0 Å². The van der Waals surface area contributed by atoms with Gasteiger partial charge in [-0.15, -0.1) is 0 Å². The first kappa shape index (κ1) is 20.3. The standard InChI is InChI=1S/C25H25N3O4/c1-15-6-5-9-20-23(15)17(13-26(20)2)14-27-19-8-4-3-7-18(19)24(31)28(25(27)32)21(12-22(29)30)16-10-11-16/h3-9,13,16,21H,10-12,14H2,1-2H3,(H,29,30). The number of carbonyl (C=O) groups is 1. The second-order valence-corrected chi connectivity index (χ2v) is 8.80. The van der Waals surface area contributed by atoms with Crippen molar-refractivity contribution in [2.75, 3.05) is 0 Å². The number of carboxylic acid groups (broad SMARTS) is 1. The summed E-state index contributed by atoms with van der Waals surface area (Å²) < 4.78 is 4.86. The first-order valence-electron chi connectivity index (χ1n) is 10.9. The van der Waals surface area contributed by atoms with Crippen LogP contribution >= 0.6 is 0 Å². The monoisotopic (exact) mass is 431 g/mol. The maximum Gasteiger partial charge on any atom is 0.332 e. The van der Waals surface area contributed by atoms with Gasteiger partial charge in [0.05, 0.1) is 29.9 Å². The average molecular weight is 431 g/mol. The highest BCUT2D eigenvalue weighted by atomic mass is 16.4. The van der Waals surface area contributed by atoms with E-state index in [1.807, 2.05) is 49.0 Å². The molecule has 1 unspecified atom stereocenters. The van der Waals surface area contributed by atoms with Gasteiger partial charge in [0.25, 0.3) is 5.56 Å². The Balaban J connectivity index is 1.76. The minimum Gasteiger partial charge on any atom is -0.481 e. The molecule has 2 aromatic heterocycles. The molecule has 1 atom stereocenters. The van der Waals surface area contributed by atoms with E-state index in [1.54, 1.807) is 22.8 Å². The molecule has 1 saturated carbocycles. The van der Waals surface area contributed by atoms with Crippen LogP contribution in [-0.2, 0) is 18.4 Å². The van der Waals surface area contributed by atoms with Crippen molar-refractivity contribution >= 4 is 27.8 Å². The van der Waals surface area contributed by atoms with E-state index in [2.05, 4.69) is 0 Å². The maximum absolute atomic E-state index is 13.7. The molecule has 0 radical (unpaired) electrons. The molecule has 7 heteroatoms. The van der Waals surface area contributed by atoms with Crippen molar-refractivity contribution < 1.29 is 9.90 Å². The third kappa shape index (κ3) is 3.25. The number of hydrogen-bond donors (Lipinski definition) is 1. The van der Waals surface area contributed by atoms with Crippen molar-refractivity contribution in [3.8, 4) is 0 Å². The summed E-state index contributed by atoms with van der Waals surface area (Å²) in [5.74, 6) is -0.955. The van der Waals surface area contributed by atoms with E-state index in [4.69, 9.17) is 0 Å². The van der Waals surface area contributed by atoms with Gasteiger partial charge < -0.3 is 9.67 Å². The number of aromatic nitrogens is 3. The smallest absolute Gasteiger partial charge is 0.332 e. The van der Waals surface area contributed by atoms with Crippen LogP contribution in [0.4, 0.5) is 0 Å². The SMILES string of the molecule is Cc1cccc2c1c(Cn1c(=O)n(C(CC(=O)O)C3CC3)c(=O)c3ccccc31)cn2C. The summed E-state index contributed by atoms with van der Waals surface area (Å²) in [7, 11) is 1.98. The number of benzene rings is 2. The third-order valence-corrected chi connectivity index (χ3v) is 6.59. The number of carboxylic acids is 1. The van der Waals surface area contributed by atoms with Gasteiger partial charge in [0.15, 0.2) is 0 Å². The minimum atomic E-state index is -1.00. The normalized spacial score (nSPS) is 14.8. The van der Waals surface area contributed by atoms with Gasteiger partial charge in [-0.3, -0.25) is 18.7 Å². The fraction of sp³-hybridized carbons (Fsp3) is 0.320. The molecule has 1 fully saturated rings. The highest BCUT2D eigenvalue weighted by Gasteiger charge is 2.36. The zero-order valence-corrected chi connectivity index (χ0v) is 18.1. The van der Waals surface area contributed by atoms with Crippen LogP contribution in [0.25, 0.3) is 21.8 Å². The van der Waals surface area contributed by atoms with Gasteiger partial charge in [-0.05, 0) is 55.0 Å². The van der Waals surface area contributed by atoms with Crippen LogP contribution in [0.5, 0.6) is 0 Å². The molecule has 5 rings (SSSR count). The molecule has 164 valence electrons. The predicted molar refractivity (Wildman–Crippen MR) is 123 cm³/mol. The zero-order chi connectivity index (χ0) is 22.6. The van der Waals surface area contributed by atoms with Gasteiger partial charge in [0.2, 0.25) is 0 Å². The quantitative estimate of drug-likeness (QED) is 0.507. The number of hydrogen-bond acceptors (Lipinski definition) is 3. The van der Waals surface area contributed by atoms with Gasteiger partial charge in [-0.25, -0.2) is 4.79 Å². The second kappa shape index (κ2) is 7.51. The number of para-hydroxylation sites is 1. The Morgan fingerprint density at radius 2 is 1.81 bits per heavy atom. The van der Waals surface area contributed by atoms with Crippen molar-refractivity contribution in [1.82, 2.24) is 13.7 Å². The Morgan fingerprint density at radius 1 is 1.09 bits per heavy atom. The Bertz CT molecular complexity index is 1490. The first-order chi connectivity index (χ1) is 15.4. The molecule has 32 heavy (non-hydrogen) atoms. The fourth-order valence-electron chi connectivity index (χ4n) is 4.94. The lowest BCUT2D eigenvalue weighted by molar-refractivity contribution is -0.138. The van der Waals surface area contributed by atoms with Crippen molar-refractivity contribution in [3.05, 3.63) is 80.6 Å². The van der Waals surface area contributed by atoms with E-state index in [9.17, 15) is 19.5 Å². The zero-order valence-electron chi connectivity index (χ0n) is 18.1. The van der Waals surface area contributed by atoms with Crippen LogP contribution in [0.3, 0.4) is 0 Å². The molecule has 1 aliphatic rings. The molecule has 0 bridgehead atoms. The van der Waals surface area contributed by atoms with E-state index in [1.165, 1.54) is 4.57 Å². The molecule has 2 heterocycles. The summed E-state index contributed by atoms with van der Waals surface area (Å²) in [6, 6.07) is 12.5. The number of aryl methyl sites for hydroxylation is 2. The molecule has 4 aromatic rings. The summed E-state index contributed by atoms with van der Waals surface area (Å²) >= 11 is 0. The molecule has 1 aliphatic carbocycles.